The summed E-state index contributed by atoms with van der Waals surface area (Å²) in [5.74, 6) is -0.468. The number of nitriles is 1. The first-order valence-corrected chi connectivity index (χ1v) is 13.4. The molecule has 0 atom stereocenters. The molecule has 2 amide bonds. The summed E-state index contributed by atoms with van der Waals surface area (Å²) in [7, 11) is 0. The fraction of sp³-hybridized carbons (Fsp3) is 0.346. The number of halogens is 2. The molecule has 11 nitrogen and oxygen atoms in total. The highest BCUT2D eigenvalue weighted by Gasteiger charge is 2.21. The molecule has 3 rings (SSSR count). The van der Waals surface area contributed by atoms with Gasteiger partial charge in [0.15, 0.2) is 0 Å². The Balaban J connectivity index is 1.63. The number of anilines is 1. The van der Waals surface area contributed by atoms with Crippen molar-refractivity contribution in [1.29, 1.82) is 5.26 Å². The fourth-order valence-corrected chi connectivity index (χ4v) is 4.38. The van der Waals surface area contributed by atoms with E-state index in [2.05, 4.69) is 15.5 Å². The number of thioether (sulfide) groups is 1. The zero-order valence-corrected chi connectivity index (χ0v) is 23.6. The lowest BCUT2D eigenvalue weighted by molar-refractivity contribution is -0.129. The van der Waals surface area contributed by atoms with Gasteiger partial charge < -0.3 is 29.8 Å². The SMILES string of the molecule is CC(C)(C)OC(=O)NCCOc1ccc(Cl)c(SCC(=O)N(Cc2nnc(N)o2)Cc2ccc(C#N)cc2F)c1. The van der Waals surface area contributed by atoms with Crippen molar-refractivity contribution in [3.63, 3.8) is 0 Å². The molecular formula is C26H28ClFN6O5S. The molecule has 0 aliphatic carbocycles. The second-order valence-electron chi connectivity index (χ2n) is 9.36. The minimum absolute atomic E-state index is 0.0507. The highest BCUT2D eigenvalue weighted by Crippen LogP contribution is 2.31. The van der Waals surface area contributed by atoms with Crippen molar-refractivity contribution in [3.8, 4) is 11.8 Å². The van der Waals surface area contributed by atoms with Gasteiger partial charge >= 0.3 is 12.1 Å². The Morgan fingerprint density at radius 3 is 2.65 bits per heavy atom. The lowest BCUT2D eigenvalue weighted by Crippen LogP contribution is -2.34. The van der Waals surface area contributed by atoms with E-state index in [0.29, 0.717) is 15.7 Å². The van der Waals surface area contributed by atoms with E-state index in [1.807, 2.05) is 6.07 Å². The van der Waals surface area contributed by atoms with Gasteiger partial charge in [0.1, 0.15) is 23.8 Å². The average Bonchev–Trinajstić information content (AvgIpc) is 3.30. The molecule has 2 aromatic carbocycles. The maximum Gasteiger partial charge on any atom is 0.407 e. The number of amides is 2. The number of rotatable bonds is 11. The third-order valence-electron chi connectivity index (χ3n) is 5.00. The van der Waals surface area contributed by atoms with Crippen LogP contribution in [-0.2, 0) is 22.6 Å². The molecule has 0 unspecified atom stereocenters. The summed E-state index contributed by atoms with van der Waals surface area (Å²) in [6.07, 6.45) is -0.546. The number of nitrogens with zero attached hydrogens (tertiary/aromatic N) is 4. The van der Waals surface area contributed by atoms with Gasteiger partial charge in [0.25, 0.3) is 0 Å². The lowest BCUT2D eigenvalue weighted by Gasteiger charge is -2.21. The summed E-state index contributed by atoms with van der Waals surface area (Å²) < 4.78 is 30.6. The molecule has 0 fully saturated rings. The number of ether oxygens (including phenoxy) is 2. The summed E-state index contributed by atoms with van der Waals surface area (Å²) in [6, 6.07) is 10.7. The number of nitrogens with two attached hydrogens (primary N) is 1. The van der Waals surface area contributed by atoms with Crippen LogP contribution in [0, 0.1) is 17.1 Å². The standard InChI is InChI=1S/C26H28ClFN6O5S/c1-26(2,3)39-25(36)31-8-9-37-18-6-7-19(27)21(11-18)40-15-23(35)34(14-22-32-33-24(30)38-22)13-17-5-4-16(12-29)10-20(17)28/h4-7,10-11H,8-9,13-15H2,1-3H3,(H2,30,33)(H,31,36). The van der Waals surface area contributed by atoms with Gasteiger partial charge in [0.05, 0.1) is 35.5 Å². The lowest BCUT2D eigenvalue weighted by atomic mass is 10.1. The number of carbonyl (C=O) groups excluding carboxylic acids is 2. The van der Waals surface area contributed by atoms with Crippen LogP contribution in [0.25, 0.3) is 0 Å². The van der Waals surface area contributed by atoms with Gasteiger partial charge in [-0.1, -0.05) is 22.8 Å². The Morgan fingerprint density at radius 1 is 1.23 bits per heavy atom. The number of alkyl carbamates (subject to hydrolysis) is 1. The normalized spacial score (nSPS) is 11.0. The van der Waals surface area contributed by atoms with Crippen molar-refractivity contribution < 1.29 is 27.9 Å². The van der Waals surface area contributed by atoms with Gasteiger partial charge in [-0.15, -0.1) is 16.9 Å². The minimum atomic E-state index is -0.622. The second kappa shape index (κ2) is 13.9. The third-order valence-corrected chi connectivity index (χ3v) is 6.48. The van der Waals surface area contributed by atoms with E-state index >= 15 is 0 Å². The molecule has 1 aromatic heterocycles. The van der Waals surface area contributed by atoms with Crippen LogP contribution in [0.2, 0.25) is 5.02 Å². The first-order chi connectivity index (χ1) is 18.9. The predicted octanol–water partition coefficient (Wildman–Crippen LogP) is 4.54. The van der Waals surface area contributed by atoms with Crippen LogP contribution in [0.3, 0.4) is 0 Å². The van der Waals surface area contributed by atoms with E-state index in [0.717, 1.165) is 17.8 Å². The van der Waals surface area contributed by atoms with Gasteiger partial charge in [-0.05, 0) is 51.1 Å². The molecule has 14 heteroatoms. The summed E-state index contributed by atoms with van der Waals surface area (Å²) in [5, 5.41) is 19.4. The zero-order chi connectivity index (χ0) is 29.3. The van der Waals surface area contributed by atoms with Crippen LogP contribution in [0.5, 0.6) is 5.75 Å². The average molecular weight is 591 g/mol. The largest absolute Gasteiger partial charge is 0.492 e. The Kier molecular flexibility index (Phi) is 10.6. The number of nitrogens with one attached hydrogen (secondary N) is 1. The van der Waals surface area contributed by atoms with Crippen LogP contribution >= 0.6 is 23.4 Å². The number of carbonyl (C=O) groups is 2. The number of benzene rings is 2. The number of aromatic nitrogens is 2. The van der Waals surface area contributed by atoms with Crippen molar-refractivity contribution in [1.82, 2.24) is 20.4 Å². The van der Waals surface area contributed by atoms with Gasteiger partial charge in [0, 0.05) is 17.0 Å². The number of hydrogen-bond donors (Lipinski definition) is 2. The van der Waals surface area contributed by atoms with Gasteiger partial charge in [-0.3, -0.25) is 4.79 Å². The van der Waals surface area contributed by atoms with Crippen molar-refractivity contribution in [3.05, 3.63) is 64.3 Å². The van der Waals surface area contributed by atoms with Gasteiger partial charge in [-0.2, -0.15) is 5.26 Å². The van der Waals surface area contributed by atoms with E-state index in [-0.39, 0.29) is 60.9 Å². The Bertz CT molecular complexity index is 1390. The highest BCUT2D eigenvalue weighted by molar-refractivity contribution is 8.00. The summed E-state index contributed by atoms with van der Waals surface area (Å²) in [6.45, 7) is 5.50. The van der Waals surface area contributed by atoms with E-state index in [9.17, 15) is 14.0 Å². The Labute approximate surface area is 239 Å². The molecule has 3 N–H and O–H groups in total. The smallest absolute Gasteiger partial charge is 0.407 e. The van der Waals surface area contributed by atoms with Crippen LogP contribution in [-0.4, -0.2) is 51.6 Å². The maximum absolute atomic E-state index is 14.6. The molecule has 3 aromatic rings. The molecule has 0 radical (unpaired) electrons. The van der Waals surface area contributed by atoms with Gasteiger partial charge in [0.2, 0.25) is 11.8 Å². The molecule has 0 aliphatic rings. The first kappa shape index (κ1) is 30.5. The fourth-order valence-electron chi connectivity index (χ4n) is 3.23. The maximum atomic E-state index is 14.6. The summed E-state index contributed by atoms with van der Waals surface area (Å²) in [4.78, 5) is 26.9. The monoisotopic (exact) mass is 590 g/mol. The number of hydrogen-bond acceptors (Lipinski definition) is 10. The second-order valence-corrected chi connectivity index (χ2v) is 10.8. The zero-order valence-electron chi connectivity index (χ0n) is 22.1. The van der Waals surface area contributed by atoms with Gasteiger partial charge in [-0.25, -0.2) is 9.18 Å². The molecule has 1 heterocycles. The van der Waals surface area contributed by atoms with Crippen molar-refractivity contribution in [2.24, 2.45) is 0 Å². The topological polar surface area (TPSA) is 157 Å². The molecular weight excluding hydrogens is 563 g/mol. The highest BCUT2D eigenvalue weighted by atomic mass is 35.5. The molecule has 0 spiro atoms. The molecule has 212 valence electrons. The third kappa shape index (κ3) is 9.62. The van der Waals surface area contributed by atoms with E-state index in [1.54, 1.807) is 39.0 Å². The van der Waals surface area contributed by atoms with Crippen LogP contribution in [0.4, 0.5) is 15.2 Å². The number of nitrogen functional groups attached to an aromatic ring is 1. The molecule has 0 saturated carbocycles. The predicted molar refractivity (Wildman–Crippen MR) is 146 cm³/mol. The minimum Gasteiger partial charge on any atom is -0.492 e. The van der Waals surface area contributed by atoms with Crippen molar-refractivity contribution in [2.45, 2.75) is 44.4 Å². The summed E-state index contributed by atoms with van der Waals surface area (Å²) in [5.41, 5.74) is 5.26. The van der Waals surface area contributed by atoms with E-state index in [1.165, 1.54) is 17.0 Å². The molecule has 0 bridgehead atoms. The van der Waals surface area contributed by atoms with Crippen molar-refractivity contribution in [2.75, 3.05) is 24.6 Å². The van der Waals surface area contributed by atoms with E-state index < -0.39 is 17.5 Å². The Morgan fingerprint density at radius 2 is 2.00 bits per heavy atom. The van der Waals surface area contributed by atoms with E-state index in [4.69, 9.17) is 36.5 Å². The summed E-state index contributed by atoms with van der Waals surface area (Å²) >= 11 is 7.50. The molecule has 0 saturated heterocycles. The van der Waals surface area contributed by atoms with Crippen LogP contribution in [0.15, 0.2) is 45.7 Å². The Hall–Kier alpha value is -4.02. The van der Waals surface area contributed by atoms with Crippen molar-refractivity contribution >= 4 is 41.4 Å². The first-order valence-electron chi connectivity index (χ1n) is 12.0. The van der Waals surface area contributed by atoms with Crippen LogP contribution in [0.1, 0.15) is 37.8 Å². The molecule has 0 aliphatic heterocycles. The quantitative estimate of drug-likeness (QED) is 0.240. The molecule has 40 heavy (non-hydrogen) atoms. The van der Waals surface area contributed by atoms with Crippen LogP contribution < -0.4 is 15.8 Å².